The van der Waals surface area contributed by atoms with E-state index in [2.05, 4.69) is 17.0 Å². The largest absolute Gasteiger partial charge is 0.395 e. The number of amides is 2. The molecule has 6 nitrogen and oxygen atoms in total. The molecule has 1 atom stereocenters. The SMILES string of the molecule is C=CCN(CCO)C(=O)NC(C)Cc1c(C)nn(C)c1C. The van der Waals surface area contributed by atoms with Crippen LogP contribution in [0.3, 0.4) is 0 Å². The number of hydrogen-bond donors (Lipinski definition) is 2. The van der Waals surface area contributed by atoms with Crippen molar-refractivity contribution in [1.29, 1.82) is 0 Å². The Labute approximate surface area is 126 Å². The summed E-state index contributed by atoms with van der Waals surface area (Å²) < 4.78 is 1.86. The predicted octanol–water partition coefficient (Wildman–Crippen LogP) is 1.16. The van der Waals surface area contributed by atoms with Crippen LogP contribution in [0.4, 0.5) is 4.79 Å². The second-order valence-electron chi connectivity index (χ2n) is 5.29. The van der Waals surface area contributed by atoms with Gasteiger partial charge in [-0.2, -0.15) is 5.10 Å². The number of nitrogens with one attached hydrogen (secondary N) is 1. The van der Waals surface area contributed by atoms with E-state index in [1.807, 2.05) is 32.5 Å². The van der Waals surface area contributed by atoms with Gasteiger partial charge in [-0.25, -0.2) is 4.79 Å². The number of aliphatic hydroxyl groups is 1. The summed E-state index contributed by atoms with van der Waals surface area (Å²) >= 11 is 0. The number of aromatic nitrogens is 2. The van der Waals surface area contributed by atoms with E-state index in [0.29, 0.717) is 13.1 Å². The maximum absolute atomic E-state index is 12.1. The lowest BCUT2D eigenvalue weighted by molar-refractivity contribution is 0.181. The summed E-state index contributed by atoms with van der Waals surface area (Å²) in [6.45, 7) is 10.3. The summed E-state index contributed by atoms with van der Waals surface area (Å²) in [7, 11) is 1.92. The van der Waals surface area contributed by atoms with Gasteiger partial charge in [0.05, 0.1) is 12.3 Å². The minimum absolute atomic E-state index is 0.00916. The van der Waals surface area contributed by atoms with E-state index in [1.54, 1.807) is 6.08 Å². The quantitative estimate of drug-likeness (QED) is 0.741. The summed E-state index contributed by atoms with van der Waals surface area (Å²) in [5.74, 6) is 0. The summed E-state index contributed by atoms with van der Waals surface area (Å²) in [4.78, 5) is 13.7. The fourth-order valence-electron chi connectivity index (χ4n) is 2.32. The third-order valence-corrected chi connectivity index (χ3v) is 3.55. The lowest BCUT2D eigenvalue weighted by atomic mass is 10.1. The Kier molecular flexibility index (Phi) is 6.42. The van der Waals surface area contributed by atoms with Crippen molar-refractivity contribution in [3.05, 3.63) is 29.6 Å². The van der Waals surface area contributed by atoms with Gasteiger partial charge in [0.15, 0.2) is 0 Å². The van der Waals surface area contributed by atoms with Crippen molar-refractivity contribution in [3.63, 3.8) is 0 Å². The van der Waals surface area contributed by atoms with E-state index in [1.165, 1.54) is 10.5 Å². The maximum atomic E-state index is 12.1. The zero-order valence-electron chi connectivity index (χ0n) is 13.4. The first kappa shape index (κ1) is 17.2. The van der Waals surface area contributed by atoms with Crippen LogP contribution in [-0.4, -0.2) is 51.6 Å². The Hall–Kier alpha value is -1.82. The van der Waals surface area contributed by atoms with Crippen molar-refractivity contribution >= 4 is 6.03 Å². The minimum Gasteiger partial charge on any atom is -0.395 e. The van der Waals surface area contributed by atoms with Crippen molar-refractivity contribution in [3.8, 4) is 0 Å². The Morgan fingerprint density at radius 1 is 1.57 bits per heavy atom. The van der Waals surface area contributed by atoms with E-state index < -0.39 is 0 Å². The summed E-state index contributed by atoms with van der Waals surface area (Å²) in [5, 5.41) is 16.3. The molecule has 0 spiro atoms. The second-order valence-corrected chi connectivity index (χ2v) is 5.29. The zero-order chi connectivity index (χ0) is 16.0. The van der Waals surface area contributed by atoms with Crippen LogP contribution in [0.2, 0.25) is 0 Å². The molecule has 0 radical (unpaired) electrons. The van der Waals surface area contributed by atoms with E-state index in [-0.39, 0.29) is 18.7 Å². The maximum Gasteiger partial charge on any atom is 0.317 e. The molecule has 0 aliphatic heterocycles. The third-order valence-electron chi connectivity index (χ3n) is 3.55. The van der Waals surface area contributed by atoms with Crippen LogP contribution in [0.1, 0.15) is 23.9 Å². The standard InChI is InChI=1S/C15H26N4O2/c1-6-7-19(8-9-20)15(21)16-11(2)10-14-12(3)17-18(5)13(14)4/h6,11,20H,1,7-10H2,2-5H3,(H,16,21). The minimum atomic E-state index is -0.185. The molecule has 0 saturated carbocycles. The first-order valence-electron chi connectivity index (χ1n) is 7.17. The normalized spacial score (nSPS) is 12.0. The Bertz CT molecular complexity index is 496. The first-order chi connectivity index (χ1) is 9.90. The molecule has 1 heterocycles. The van der Waals surface area contributed by atoms with Gasteiger partial charge >= 0.3 is 6.03 Å². The molecule has 0 aliphatic rings. The Morgan fingerprint density at radius 3 is 2.71 bits per heavy atom. The van der Waals surface area contributed by atoms with Gasteiger partial charge in [-0.3, -0.25) is 4.68 Å². The molecule has 1 aromatic heterocycles. The molecule has 1 rings (SSSR count). The number of nitrogens with zero attached hydrogens (tertiary/aromatic N) is 3. The second kappa shape index (κ2) is 7.83. The molecule has 0 aromatic carbocycles. The van der Waals surface area contributed by atoms with Crippen molar-refractivity contribution in [2.45, 2.75) is 33.2 Å². The number of rotatable bonds is 7. The lowest BCUT2D eigenvalue weighted by Crippen LogP contribution is -2.45. The number of carbonyl (C=O) groups excluding carboxylic acids is 1. The highest BCUT2D eigenvalue weighted by Gasteiger charge is 2.17. The molecular formula is C15H26N4O2. The van der Waals surface area contributed by atoms with Crippen LogP contribution in [0.15, 0.2) is 12.7 Å². The van der Waals surface area contributed by atoms with Gasteiger partial charge in [-0.05, 0) is 32.8 Å². The Balaban J connectivity index is 2.65. The van der Waals surface area contributed by atoms with Crippen LogP contribution >= 0.6 is 0 Å². The van der Waals surface area contributed by atoms with Gasteiger partial charge in [0, 0.05) is 31.9 Å². The van der Waals surface area contributed by atoms with E-state index in [0.717, 1.165) is 17.8 Å². The number of aryl methyl sites for hydroxylation is 2. The van der Waals surface area contributed by atoms with Gasteiger partial charge in [0.2, 0.25) is 0 Å². The Morgan fingerprint density at radius 2 is 2.24 bits per heavy atom. The number of hydrogen-bond acceptors (Lipinski definition) is 3. The van der Waals surface area contributed by atoms with Crippen molar-refractivity contribution < 1.29 is 9.90 Å². The van der Waals surface area contributed by atoms with Crippen LogP contribution in [0.25, 0.3) is 0 Å². The van der Waals surface area contributed by atoms with E-state index in [9.17, 15) is 4.79 Å². The van der Waals surface area contributed by atoms with Gasteiger partial charge < -0.3 is 15.3 Å². The van der Waals surface area contributed by atoms with Crippen LogP contribution in [0.5, 0.6) is 0 Å². The molecule has 0 bridgehead atoms. The number of urea groups is 1. The predicted molar refractivity (Wildman–Crippen MR) is 83.2 cm³/mol. The highest BCUT2D eigenvalue weighted by molar-refractivity contribution is 5.74. The highest BCUT2D eigenvalue weighted by atomic mass is 16.3. The molecule has 1 aromatic rings. The summed E-state index contributed by atoms with van der Waals surface area (Å²) in [6.07, 6.45) is 2.38. The molecule has 118 valence electrons. The first-order valence-corrected chi connectivity index (χ1v) is 7.17. The smallest absolute Gasteiger partial charge is 0.317 e. The monoisotopic (exact) mass is 294 g/mol. The van der Waals surface area contributed by atoms with Gasteiger partial charge in [-0.15, -0.1) is 6.58 Å². The topological polar surface area (TPSA) is 70.4 Å². The van der Waals surface area contributed by atoms with Crippen molar-refractivity contribution in [1.82, 2.24) is 20.0 Å². The van der Waals surface area contributed by atoms with Crippen molar-refractivity contribution in [2.75, 3.05) is 19.7 Å². The summed E-state index contributed by atoms with van der Waals surface area (Å²) in [5.41, 5.74) is 3.28. The van der Waals surface area contributed by atoms with Crippen LogP contribution in [-0.2, 0) is 13.5 Å². The fourth-order valence-corrected chi connectivity index (χ4v) is 2.32. The lowest BCUT2D eigenvalue weighted by Gasteiger charge is -2.23. The number of aliphatic hydroxyl groups excluding tert-OH is 1. The van der Waals surface area contributed by atoms with Crippen LogP contribution < -0.4 is 5.32 Å². The molecular weight excluding hydrogens is 268 g/mol. The van der Waals surface area contributed by atoms with E-state index in [4.69, 9.17) is 5.11 Å². The van der Waals surface area contributed by atoms with Crippen molar-refractivity contribution in [2.24, 2.45) is 7.05 Å². The molecule has 0 saturated heterocycles. The molecule has 0 fully saturated rings. The van der Waals surface area contributed by atoms with Gasteiger partial charge in [-0.1, -0.05) is 6.08 Å². The fraction of sp³-hybridized carbons (Fsp3) is 0.600. The van der Waals surface area contributed by atoms with Gasteiger partial charge in [0.1, 0.15) is 0 Å². The molecule has 2 amide bonds. The molecule has 2 N–H and O–H groups in total. The molecule has 21 heavy (non-hydrogen) atoms. The zero-order valence-corrected chi connectivity index (χ0v) is 13.4. The third kappa shape index (κ3) is 4.60. The number of carbonyl (C=O) groups is 1. The summed E-state index contributed by atoms with van der Waals surface area (Å²) in [6, 6.07) is -0.194. The average Bonchev–Trinajstić information content (AvgIpc) is 2.65. The molecule has 1 unspecified atom stereocenters. The van der Waals surface area contributed by atoms with E-state index >= 15 is 0 Å². The van der Waals surface area contributed by atoms with Crippen LogP contribution in [0, 0.1) is 13.8 Å². The van der Waals surface area contributed by atoms with Gasteiger partial charge in [0.25, 0.3) is 0 Å². The highest BCUT2D eigenvalue weighted by Crippen LogP contribution is 2.14. The average molecular weight is 294 g/mol. The molecule has 0 aliphatic carbocycles. The molecule has 6 heteroatoms.